The van der Waals surface area contributed by atoms with Crippen molar-refractivity contribution in [2.75, 3.05) is 48.9 Å². The van der Waals surface area contributed by atoms with Gasteiger partial charge in [-0.2, -0.15) is 0 Å². The van der Waals surface area contributed by atoms with Crippen LogP contribution in [0.3, 0.4) is 0 Å². The summed E-state index contributed by atoms with van der Waals surface area (Å²) in [7, 11) is 2.18. The fourth-order valence-electron chi connectivity index (χ4n) is 5.18. The molecule has 1 saturated heterocycles. The molecule has 4 heterocycles. The fourth-order valence-corrected chi connectivity index (χ4v) is 5.18. The molecule has 3 aromatic heterocycles. The summed E-state index contributed by atoms with van der Waals surface area (Å²) in [5, 5.41) is 11.7. The van der Waals surface area contributed by atoms with Crippen molar-refractivity contribution >= 4 is 28.8 Å². The zero-order chi connectivity index (χ0) is 30.0. The maximum atomic E-state index is 12.9. The highest BCUT2D eigenvalue weighted by Gasteiger charge is 2.34. The third kappa shape index (κ3) is 6.89. The number of hydrogen-bond acceptors (Lipinski definition) is 11. The maximum Gasteiger partial charge on any atom is 0.258 e. The van der Waals surface area contributed by atoms with Gasteiger partial charge in [0.15, 0.2) is 5.82 Å². The van der Waals surface area contributed by atoms with Crippen molar-refractivity contribution in [3.05, 3.63) is 65.6 Å². The summed E-state index contributed by atoms with van der Waals surface area (Å²) in [4.78, 5) is 26.7. The Hall–Kier alpha value is -4.00. The van der Waals surface area contributed by atoms with E-state index in [-0.39, 0.29) is 11.3 Å². The molecule has 0 spiro atoms. The number of rotatable bonds is 8. The van der Waals surface area contributed by atoms with Crippen LogP contribution in [0, 0.1) is 6.92 Å². The van der Waals surface area contributed by atoms with Crippen LogP contribution in [0.15, 0.2) is 47.5 Å². The number of aromatic nitrogens is 3. The number of aryl methyl sites for hydroxylation is 1. The number of anilines is 3. The molecule has 0 bridgehead atoms. The molecule has 0 aromatic carbocycles. The normalized spacial score (nSPS) is 20.2. The highest BCUT2D eigenvalue weighted by Crippen LogP contribution is 2.30. The van der Waals surface area contributed by atoms with E-state index < -0.39 is 0 Å². The summed E-state index contributed by atoms with van der Waals surface area (Å²) in [6.45, 7) is 12.4. The van der Waals surface area contributed by atoms with E-state index in [0.717, 1.165) is 50.3 Å². The lowest BCUT2D eigenvalue weighted by atomic mass is 9.85. The molecule has 1 aliphatic carbocycles. The van der Waals surface area contributed by atoms with E-state index in [0.29, 0.717) is 46.3 Å². The number of nitrogens with zero attached hydrogens (tertiary/aromatic N) is 6. The molecule has 1 aliphatic heterocycles. The Labute approximate surface area is 247 Å². The van der Waals surface area contributed by atoms with Crippen LogP contribution >= 0.6 is 0 Å². The molecular weight excluding hydrogens is 532 g/mol. The molecule has 1 saturated carbocycles. The first-order chi connectivity index (χ1) is 20.0. The zero-order valence-electron chi connectivity index (χ0n) is 25.1. The van der Waals surface area contributed by atoms with E-state index in [1.54, 1.807) is 24.5 Å². The Balaban J connectivity index is 1.21. The molecule has 5 rings (SSSR count). The number of piperazine rings is 1. The van der Waals surface area contributed by atoms with Gasteiger partial charge in [0.05, 0.1) is 28.3 Å². The van der Waals surface area contributed by atoms with Crippen molar-refractivity contribution in [1.82, 2.24) is 24.9 Å². The van der Waals surface area contributed by atoms with Crippen LogP contribution in [0.25, 0.3) is 5.70 Å². The SMILES string of the molecule is Cc1ncc(C(=O)Nc2cc(C(C)(C)C)on2)cc1N(N)/C=C(\N)c1cncc(NC2CC(N3CCN(C)CC3)C2)c1. The third-order valence-electron chi connectivity index (χ3n) is 7.98. The van der Waals surface area contributed by atoms with Crippen LogP contribution in [0.2, 0.25) is 0 Å². The first kappa shape index (κ1) is 29.5. The predicted octanol–water partition coefficient (Wildman–Crippen LogP) is 3.15. The van der Waals surface area contributed by atoms with Gasteiger partial charge in [-0.1, -0.05) is 25.9 Å². The van der Waals surface area contributed by atoms with E-state index in [1.165, 1.54) is 11.2 Å². The molecule has 0 radical (unpaired) electrons. The molecule has 224 valence electrons. The molecule has 12 nitrogen and oxygen atoms in total. The Bertz CT molecular complexity index is 1430. The molecule has 42 heavy (non-hydrogen) atoms. The van der Waals surface area contributed by atoms with E-state index in [2.05, 4.69) is 42.6 Å². The molecule has 2 aliphatic rings. The standard InChI is InChI=1S/C30H42N10O2/c1-19-26(11-21(16-34-19)29(41)36-28-14-27(42-37-28)30(2,3)4)40(32)18-25(31)20-10-23(17-33-15-20)35-22-12-24(13-22)39-8-6-38(5)7-9-39/h10-11,14-18,22,24,35H,6-9,12-13,31-32H2,1-5H3,(H,36,37,41)/b25-18-. The molecule has 12 heteroatoms. The average molecular weight is 575 g/mol. The van der Waals surface area contributed by atoms with Gasteiger partial charge in [0.1, 0.15) is 5.76 Å². The predicted molar refractivity (Wildman–Crippen MR) is 165 cm³/mol. The summed E-state index contributed by atoms with van der Waals surface area (Å²) in [5.74, 6) is 7.01. The molecule has 1 amide bonds. The van der Waals surface area contributed by atoms with Crippen LogP contribution in [0.4, 0.5) is 17.2 Å². The highest BCUT2D eigenvalue weighted by molar-refractivity contribution is 6.04. The number of nitrogens with two attached hydrogens (primary N) is 2. The first-order valence-corrected chi connectivity index (χ1v) is 14.4. The quantitative estimate of drug-likeness (QED) is 0.232. The van der Waals surface area contributed by atoms with Crippen molar-refractivity contribution in [2.45, 2.75) is 58.0 Å². The molecule has 6 N–H and O–H groups in total. The van der Waals surface area contributed by atoms with Crippen LogP contribution in [-0.4, -0.2) is 76.1 Å². The van der Waals surface area contributed by atoms with Gasteiger partial charge in [-0.05, 0) is 38.9 Å². The van der Waals surface area contributed by atoms with E-state index >= 15 is 0 Å². The van der Waals surface area contributed by atoms with Crippen molar-refractivity contribution in [3.8, 4) is 0 Å². The summed E-state index contributed by atoms with van der Waals surface area (Å²) < 4.78 is 5.36. The number of nitrogens with one attached hydrogen (secondary N) is 2. The monoisotopic (exact) mass is 574 g/mol. The topological polar surface area (TPSA) is 155 Å². The van der Waals surface area contributed by atoms with Gasteiger partial charge in [0.25, 0.3) is 5.91 Å². The Kier molecular flexibility index (Phi) is 8.48. The van der Waals surface area contributed by atoms with Crippen molar-refractivity contribution in [2.24, 2.45) is 11.6 Å². The third-order valence-corrected chi connectivity index (χ3v) is 7.98. The molecule has 3 aromatic rings. The lowest BCUT2D eigenvalue weighted by Gasteiger charge is -2.46. The number of pyridine rings is 2. The lowest BCUT2D eigenvalue weighted by molar-refractivity contribution is 0.0657. The summed E-state index contributed by atoms with van der Waals surface area (Å²) in [6, 6.07) is 6.43. The number of carbonyl (C=O) groups is 1. The Morgan fingerprint density at radius 1 is 1.10 bits per heavy atom. The fraction of sp³-hybridized carbons (Fsp3) is 0.467. The second-order valence-corrected chi connectivity index (χ2v) is 12.4. The van der Waals surface area contributed by atoms with E-state index in [1.807, 2.05) is 40.0 Å². The number of carbonyl (C=O) groups excluding carboxylic acids is 1. The Morgan fingerprint density at radius 3 is 2.52 bits per heavy atom. The lowest BCUT2D eigenvalue weighted by Crippen LogP contribution is -2.55. The Morgan fingerprint density at radius 2 is 1.83 bits per heavy atom. The van der Waals surface area contributed by atoms with Gasteiger partial charge in [0, 0.05) is 80.1 Å². The van der Waals surface area contributed by atoms with Gasteiger partial charge in [-0.15, -0.1) is 0 Å². The van der Waals surface area contributed by atoms with Gasteiger partial charge < -0.3 is 25.8 Å². The molecule has 0 atom stereocenters. The summed E-state index contributed by atoms with van der Waals surface area (Å²) >= 11 is 0. The largest absolute Gasteiger partial charge is 0.397 e. The van der Waals surface area contributed by atoms with E-state index in [4.69, 9.17) is 16.1 Å². The minimum Gasteiger partial charge on any atom is -0.397 e. The van der Waals surface area contributed by atoms with Gasteiger partial charge >= 0.3 is 0 Å². The minimum absolute atomic E-state index is 0.225. The zero-order valence-corrected chi connectivity index (χ0v) is 25.1. The van der Waals surface area contributed by atoms with Gasteiger partial charge in [-0.3, -0.25) is 24.7 Å². The van der Waals surface area contributed by atoms with Crippen LogP contribution in [-0.2, 0) is 5.41 Å². The van der Waals surface area contributed by atoms with Gasteiger partial charge in [-0.25, -0.2) is 5.84 Å². The number of hydrogen-bond donors (Lipinski definition) is 4. The maximum absolute atomic E-state index is 12.9. The second kappa shape index (κ2) is 12.1. The molecule has 0 unspecified atom stereocenters. The van der Waals surface area contributed by atoms with Crippen molar-refractivity contribution in [1.29, 1.82) is 0 Å². The van der Waals surface area contributed by atoms with E-state index in [9.17, 15) is 4.79 Å². The van der Waals surface area contributed by atoms with Crippen LogP contribution in [0.5, 0.6) is 0 Å². The molecular formula is C30H42N10O2. The van der Waals surface area contributed by atoms with Crippen molar-refractivity contribution < 1.29 is 9.32 Å². The van der Waals surface area contributed by atoms with Crippen molar-refractivity contribution in [3.63, 3.8) is 0 Å². The van der Waals surface area contributed by atoms with Crippen LogP contribution in [0.1, 0.15) is 61.0 Å². The number of likely N-dealkylation sites (N-methyl/N-ethyl adjacent to an activating group) is 1. The number of amides is 1. The first-order valence-electron chi connectivity index (χ1n) is 14.4. The number of hydrazine groups is 1. The highest BCUT2D eigenvalue weighted by atomic mass is 16.5. The summed E-state index contributed by atoms with van der Waals surface area (Å²) in [5.41, 5.74) is 9.81. The van der Waals surface area contributed by atoms with Crippen LogP contribution < -0.4 is 27.2 Å². The minimum atomic E-state index is -0.378. The second-order valence-electron chi connectivity index (χ2n) is 12.4. The van der Waals surface area contributed by atoms with Gasteiger partial charge in [0.2, 0.25) is 0 Å². The summed E-state index contributed by atoms with van der Waals surface area (Å²) in [6.07, 6.45) is 8.87. The molecule has 2 fully saturated rings. The smallest absolute Gasteiger partial charge is 0.258 e. The average Bonchev–Trinajstić information content (AvgIpc) is 3.41.